The van der Waals surface area contributed by atoms with Gasteiger partial charge >= 0.3 is 5.97 Å². The fourth-order valence-corrected chi connectivity index (χ4v) is 2.67. The number of aryl methyl sites for hydroxylation is 1. The molecule has 0 spiro atoms. The van der Waals surface area contributed by atoms with Crippen molar-refractivity contribution in [3.8, 4) is 5.75 Å². The standard InChI is InChI=1S/C18H13ClN2O5/c1-10-3-5-12(9-15(10)21(23)24)17-20-14(18(22)26-17)8-11-4-6-16(25-2)13(19)7-11/h3-9H,1-2H3/b14-8-. The molecular formula is C18H13ClN2O5. The second-order valence-corrected chi connectivity index (χ2v) is 5.90. The first kappa shape index (κ1) is 17.6. The zero-order valence-corrected chi connectivity index (χ0v) is 14.6. The summed E-state index contributed by atoms with van der Waals surface area (Å²) >= 11 is 6.07. The molecule has 2 aromatic rings. The number of nitro benzene ring substituents is 1. The third kappa shape index (κ3) is 3.43. The molecule has 1 aliphatic heterocycles. The second-order valence-electron chi connectivity index (χ2n) is 5.49. The van der Waals surface area contributed by atoms with Crippen LogP contribution in [-0.4, -0.2) is 23.9 Å². The van der Waals surface area contributed by atoms with Gasteiger partial charge in [-0.3, -0.25) is 10.1 Å². The van der Waals surface area contributed by atoms with Gasteiger partial charge in [-0.15, -0.1) is 0 Å². The summed E-state index contributed by atoms with van der Waals surface area (Å²) in [6.07, 6.45) is 1.52. The van der Waals surface area contributed by atoms with Crippen molar-refractivity contribution < 1.29 is 19.2 Å². The number of ether oxygens (including phenoxy) is 2. The van der Waals surface area contributed by atoms with Crippen molar-refractivity contribution in [3.63, 3.8) is 0 Å². The van der Waals surface area contributed by atoms with Crippen molar-refractivity contribution in [1.82, 2.24) is 0 Å². The minimum atomic E-state index is -0.643. The monoisotopic (exact) mass is 372 g/mol. The van der Waals surface area contributed by atoms with Crippen molar-refractivity contribution in [3.05, 3.63) is 73.9 Å². The lowest BCUT2D eigenvalue weighted by Gasteiger charge is -2.03. The largest absolute Gasteiger partial charge is 0.495 e. The molecule has 3 rings (SSSR count). The molecule has 0 bridgehead atoms. The number of aliphatic imine (C=N–C) groups is 1. The molecule has 1 heterocycles. The fourth-order valence-electron chi connectivity index (χ4n) is 2.40. The number of carbonyl (C=O) groups is 1. The van der Waals surface area contributed by atoms with Crippen LogP contribution in [-0.2, 0) is 9.53 Å². The number of hydrogen-bond donors (Lipinski definition) is 0. The Morgan fingerprint density at radius 2 is 2.04 bits per heavy atom. The van der Waals surface area contributed by atoms with Gasteiger partial charge in [0.25, 0.3) is 5.69 Å². The molecule has 0 amide bonds. The molecule has 26 heavy (non-hydrogen) atoms. The Kier molecular flexibility index (Phi) is 4.73. The number of halogens is 1. The van der Waals surface area contributed by atoms with Crippen LogP contribution >= 0.6 is 11.6 Å². The molecule has 0 N–H and O–H groups in total. The summed E-state index contributed by atoms with van der Waals surface area (Å²) in [7, 11) is 1.50. The number of benzene rings is 2. The normalized spacial score (nSPS) is 15.0. The van der Waals surface area contributed by atoms with Crippen LogP contribution in [0.2, 0.25) is 5.02 Å². The highest BCUT2D eigenvalue weighted by molar-refractivity contribution is 6.32. The van der Waals surface area contributed by atoms with Gasteiger partial charge < -0.3 is 9.47 Å². The fraction of sp³-hybridized carbons (Fsp3) is 0.111. The van der Waals surface area contributed by atoms with E-state index >= 15 is 0 Å². The Morgan fingerprint density at radius 1 is 1.27 bits per heavy atom. The molecule has 1 aliphatic rings. The van der Waals surface area contributed by atoms with Crippen LogP contribution in [0.5, 0.6) is 5.75 Å². The molecule has 132 valence electrons. The predicted molar refractivity (Wildman–Crippen MR) is 96.4 cm³/mol. The molecule has 0 radical (unpaired) electrons. The summed E-state index contributed by atoms with van der Waals surface area (Å²) in [6.45, 7) is 1.63. The number of rotatable bonds is 4. The first-order valence-corrected chi connectivity index (χ1v) is 7.88. The zero-order chi connectivity index (χ0) is 18.8. The smallest absolute Gasteiger partial charge is 0.363 e. The van der Waals surface area contributed by atoms with E-state index in [4.69, 9.17) is 21.1 Å². The molecule has 0 saturated carbocycles. The SMILES string of the molecule is COc1ccc(/C=C2\N=C(c3ccc(C)c([N+](=O)[O-])c3)OC2=O)cc1Cl. The maximum absolute atomic E-state index is 12.1. The van der Waals surface area contributed by atoms with Crippen molar-refractivity contribution >= 4 is 35.2 Å². The maximum Gasteiger partial charge on any atom is 0.363 e. The number of carbonyl (C=O) groups excluding carboxylic acids is 1. The van der Waals surface area contributed by atoms with Gasteiger partial charge in [-0.2, -0.15) is 0 Å². The second kappa shape index (κ2) is 6.97. The molecule has 2 aromatic carbocycles. The zero-order valence-electron chi connectivity index (χ0n) is 13.9. The number of esters is 1. The van der Waals surface area contributed by atoms with Gasteiger partial charge in [0.1, 0.15) is 5.75 Å². The minimum Gasteiger partial charge on any atom is -0.495 e. The van der Waals surface area contributed by atoms with Gasteiger partial charge in [0, 0.05) is 17.2 Å². The topological polar surface area (TPSA) is 91.0 Å². The first-order valence-electron chi connectivity index (χ1n) is 7.50. The molecule has 8 heteroatoms. The van der Waals surface area contributed by atoms with Gasteiger partial charge in [-0.1, -0.05) is 23.7 Å². The summed E-state index contributed by atoms with van der Waals surface area (Å²) in [5.74, 6) is -0.113. The lowest BCUT2D eigenvalue weighted by atomic mass is 10.1. The summed E-state index contributed by atoms with van der Waals surface area (Å²) in [6, 6.07) is 9.54. The highest BCUT2D eigenvalue weighted by atomic mass is 35.5. The Morgan fingerprint density at radius 3 is 2.69 bits per heavy atom. The number of nitro groups is 1. The lowest BCUT2D eigenvalue weighted by Crippen LogP contribution is -2.06. The average molecular weight is 373 g/mol. The number of nitrogens with zero attached hydrogens (tertiary/aromatic N) is 2. The molecular weight excluding hydrogens is 360 g/mol. The van der Waals surface area contributed by atoms with E-state index in [0.717, 1.165) is 0 Å². The number of methoxy groups -OCH3 is 1. The van der Waals surface area contributed by atoms with Gasteiger partial charge in [0.15, 0.2) is 5.70 Å². The van der Waals surface area contributed by atoms with Gasteiger partial charge in [0.2, 0.25) is 5.90 Å². The van der Waals surface area contributed by atoms with E-state index in [9.17, 15) is 14.9 Å². The van der Waals surface area contributed by atoms with Crippen molar-refractivity contribution in [2.24, 2.45) is 4.99 Å². The van der Waals surface area contributed by atoms with Crippen LogP contribution in [0.25, 0.3) is 6.08 Å². The van der Waals surface area contributed by atoms with E-state index in [2.05, 4.69) is 4.99 Å². The van der Waals surface area contributed by atoms with Gasteiger partial charge in [0.05, 0.1) is 17.1 Å². The summed E-state index contributed by atoms with van der Waals surface area (Å²) < 4.78 is 10.2. The third-order valence-electron chi connectivity index (χ3n) is 3.75. The van der Waals surface area contributed by atoms with E-state index in [-0.39, 0.29) is 17.3 Å². The van der Waals surface area contributed by atoms with Gasteiger partial charge in [-0.25, -0.2) is 9.79 Å². The first-order chi connectivity index (χ1) is 12.4. The van der Waals surface area contributed by atoms with Crippen LogP contribution in [0.4, 0.5) is 5.69 Å². The highest BCUT2D eigenvalue weighted by Crippen LogP contribution is 2.28. The number of hydrogen-bond acceptors (Lipinski definition) is 6. The van der Waals surface area contributed by atoms with Crippen molar-refractivity contribution in [1.29, 1.82) is 0 Å². The van der Waals surface area contributed by atoms with Crippen LogP contribution in [0.3, 0.4) is 0 Å². The Bertz CT molecular complexity index is 982. The predicted octanol–water partition coefficient (Wildman–Crippen LogP) is 3.91. The Hall–Kier alpha value is -3.19. The summed E-state index contributed by atoms with van der Waals surface area (Å²) in [5, 5.41) is 11.5. The third-order valence-corrected chi connectivity index (χ3v) is 4.05. The minimum absolute atomic E-state index is 0.0176. The maximum atomic E-state index is 12.1. The summed E-state index contributed by atoms with van der Waals surface area (Å²) in [5.41, 5.74) is 1.51. The van der Waals surface area contributed by atoms with E-state index in [1.807, 2.05) is 0 Å². The lowest BCUT2D eigenvalue weighted by molar-refractivity contribution is -0.385. The van der Waals surface area contributed by atoms with E-state index in [1.165, 1.54) is 19.3 Å². The molecule has 0 aromatic heterocycles. The highest BCUT2D eigenvalue weighted by Gasteiger charge is 2.26. The van der Waals surface area contributed by atoms with Crippen LogP contribution in [0.15, 0.2) is 47.1 Å². The molecule has 7 nitrogen and oxygen atoms in total. The van der Waals surface area contributed by atoms with E-state index < -0.39 is 10.9 Å². The number of cyclic esters (lactones) is 1. The van der Waals surface area contributed by atoms with E-state index in [0.29, 0.717) is 27.5 Å². The van der Waals surface area contributed by atoms with Crippen LogP contribution in [0.1, 0.15) is 16.7 Å². The van der Waals surface area contributed by atoms with E-state index in [1.54, 1.807) is 37.3 Å². The Labute approximate surface area is 153 Å². The van der Waals surface area contributed by atoms with Crippen molar-refractivity contribution in [2.75, 3.05) is 7.11 Å². The average Bonchev–Trinajstić information content (AvgIpc) is 2.96. The van der Waals surface area contributed by atoms with Crippen molar-refractivity contribution in [2.45, 2.75) is 6.92 Å². The molecule has 0 saturated heterocycles. The quantitative estimate of drug-likeness (QED) is 0.351. The van der Waals surface area contributed by atoms with Crippen LogP contribution in [0, 0.1) is 17.0 Å². The molecule has 0 aliphatic carbocycles. The molecule has 0 atom stereocenters. The van der Waals surface area contributed by atoms with Gasteiger partial charge in [-0.05, 0) is 36.8 Å². The van der Waals surface area contributed by atoms with Crippen LogP contribution < -0.4 is 4.74 Å². The molecule has 0 unspecified atom stereocenters. The summed E-state index contributed by atoms with van der Waals surface area (Å²) in [4.78, 5) is 26.8. The molecule has 0 fully saturated rings. The Balaban J connectivity index is 1.95.